The summed E-state index contributed by atoms with van der Waals surface area (Å²) in [5, 5.41) is 6.01. The van der Waals surface area contributed by atoms with Crippen LogP contribution < -0.4 is 15.4 Å². The first-order chi connectivity index (χ1) is 12.4. The predicted molar refractivity (Wildman–Crippen MR) is 114 cm³/mol. The molecule has 1 amide bonds. The second-order valence-corrected chi connectivity index (χ2v) is 7.39. The summed E-state index contributed by atoms with van der Waals surface area (Å²) >= 11 is 8.70. The highest BCUT2D eigenvalue weighted by Gasteiger charge is 2.11. The number of rotatable bonds is 6. The molecule has 0 aliphatic rings. The monoisotopic (exact) mass is 434 g/mol. The number of halogens is 1. The lowest BCUT2D eigenvalue weighted by Crippen LogP contribution is -2.34. The van der Waals surface area contributed by atoms with Gasteiger partial charge in [0.25, 0.3) is 5.91 Å². The third kappa shape index (κ3) is 6.11. The van der Waals surface area contributed by atoms with Crippen LogP contribution in [0.4, 0.5) is 5.69 Å². The van der Waals surface area contributed by atoms with E-state index in [0.717, 1.165) is 39.9 Å². The van der Waals surface area contributed by atoms with Crippen LogP contribution in [0.15, 0.2) is 40.9 Å². The molecule has 2 N–H and O–H groups in total. The molecule has 2 rings (SSSR count). The zero-order valence-electron chi connectivity index (χ0n) is 15.2. The van der Waals surface area contributed by atoms with Gasteiger partial charge in [0.2, 0.25) is 0 Å². The van der Waals surface area contributed by atoms with Crippen molar-refractivity contribution >= 4 is 44.9 Å². The molecule has 0 bridgehead atoms. The van der Waals surface area contributed by atoms with Gasteiger partial charge in [-0.25, -0.2) is 0 Å². The summed E-state index contributed by atoms with van der Waals surface area (Å²) in [4.78, 5) is 12.4. The van der Waals surface area contributed by atoms with Gasteiger partial charge in [-0.15, -0.1) is 0 Å². The van der Waals surface area contributed by atoms with Crippen LogP contribution in [0.3, 0.4) is 0 Å². The molecular formula is C20H23BrN2O2S. The lowest BCUT2D eigenvalue weighted by atomic mass is 10.1. The molecule has 6 heteroatoms. The fourth-order valence-electron chi connectivity index (χ4n) is 2.47. The Morgan fingerprint density at radius 1 is 1.15 bits per heavy atom. The van der Waals surface area contributed by atoms with Crippen molar-refractivity contribution in [2.45, 2.75) is 33.6 Å². The minimum atomic E-state index is -0.271. The van der Waals surface area contributed by atoms with Crippen LogP contribution >= 0.6 is 28.1 Å². The Labute approximate surface area is 168 Å². The van der Waals surface area contributed by atoms with E-state index in [-0.39, 0.29) is 11.0 Å². The zero-order chi connectivity index (χ0) is 19.1. The molecule has 0 aliphatic heterocycles. The molecule has 0 heterocycles. The van der Waals surface area contributed by atoms with E-state index in [1.165, 1.54) is 0 Å². The number of benzene rings is 2. The standard InChI is InChI=1S/C20H23BrN2O2S/c1-4-5-8-25-18-7-6-15(12-17(18)21)19(24)23-20(26)22-16-10-13(2)9-14(3)11-16/h6-7,9-12H,4-5,8H2,1-3H3,(H2,22,23,24,26). The van der Waals surface area contributed by atoms with Gasteiger partial charge in [-0.1, -0.05) is 19.4 Å². The number of unbranched alkanes of at least 4 members (excludes halogenated alkanes) is 1. The normalized spacial score (nSPS) is 10.3. The first-order valence-electron chi connectivity index (χ1n) is 8.52. The Morgan fingerprint density at radius 2 is 1.85 bits per heavy atom. The van der Waals surface area contributed by atoms with Crippen LogP contribution in [0.2, 0.25) is 0 Å². The Balaban J connectivity index is 1.98. The number of amides is 1. The van der Waals surface area contributed by atoms with Crippen LogP contribution in [0.5, 0.6) is 5.75 Å². The second-order valence-electron chi connectivity index (χ2n) is 6.13. The maximum Gasteiger partial charge on any atom is 0.257 e. The summed E-state index contributed by atoms with van der Waals surface area (Å²) in [6.07, 6.45) is 2.07. The van der Waals surface area contributed by atoms with E-state index in [2.05, 4.69) is 39.6 Å². The van der Waals surface area contributed by atoms with Crippen molar-refractivity contribution in [3.05, 3.63) is 57.6 Å². The van der Waals surface area contributed by atoms with Gasteiger partial charge in [0, 0.05) is 11.3 Å². The summed E-state index contributed by atoms with van der Waals surface area (Å²) in [5.41, 5.74) is 3.62. The fourth-order valence-corrected chi connectivity index (χ4v) is 3.17. The van der Waals surface area contributed by atoms with Gasteiger partial charge < -0.3 is 10.1 Å². The van der Waals surface area contributed by atoms with Crippen molar-refractivity contribution in [3.63, 3.8) is 0 Å². The van der Waals surface area contributed by atoms with Crippen LogP contribution in [0.25, 0.3) is 0 Å². The summed E-state index contributed by atoms with van der Waals surface area (Å²) in [6.45, 7) is 6.80. The van der Waals surface area contributed by atoms with Crippen LogP contribution in [0.1, 0.15) is 41.3 Å². The quantitative estimate of drug-likeness (QED) is 0.473. The minimum Gasteiger partial charge on any atom is -0.492 e. The van der Waals surface area contributed by atoms with E-state index in [4.69, 9.17) is 17.0 Å². The number of carbonyl (C=O) groups excluding carboxylic acids is 1. The first kappa shape index (κ1) is 20.4. The van der Waals surface area contributed by atoms with E-state index in [0.29, 0.717) is 12.2 Å². The number of carbonyl (C=O) groups is 1. The molecule has 4 nitrogen and oxygen atoms in total. The lowest BCUT2D eigenvalue weighted by Gasteiger charge is -2.12. The van der Waals surface area contributed by atoms with Gasteiger partial charge in [0.15, 0.2) is 5.11 Å². The van der Waals surface area contributed by atoms with Gasteiger partial charge in [-0.3, -0.25) is 10.1 Å². The molecule has 0 radical (unpaired) electrons. The SMILES string of the molecule is CCCCOc1ccc(C(=O)NC(=S)Nc2cc(C)cc(C)c2)cc1Br. The maximum absolute atomic E-state index is 12.4. The topological polar surface area (TPSA) is 50.4 Å². The Morgan fingerprint density at radius 3 is 2.46 bits per heavy atom. The largest absolute Gasteiger partial charge is 0.492 e. The van der Waals surface area contributed by atoms with Crippen molar-refractivity contribution < 1.29 is 9.53 Å². The molecule has 0 unspecified atom stereocenters. The molecule has 0 fully saturated rings. The van der Waals surface area contributed by atoms with E-state index < -0.39 is 0 Å². The number of hydrogen-bond donors (Lipinski definition) is 2. The summed E-state index contributed by atoms with van der Waals surface area (Å²) in [7, 11) is 0. The van der Waals surface area contributed by atoms with E-state index in [9.17, 15) is 4.79 Å². The first-order valence-corrected chi connectivity index (χ1v) is 9.72. The predicted octanol–water partition coefficient (Wildman–Crippen LogP) is 5.37. The third-order valence-electron chi connectivity index (χ3n) is 3.66. The molecule has 2 aromatic rings. The molecule has 0 atom stereocenters. The molecule has 0 saturated carbocycles. The zero-order valence-corrected chi connectivity index (χ0v) is 17.6. The Bertz CT molecular complexity index is 788. The van der Waals surface area contributed by atoms with Crippen molar-refractivity contribution in [1.82, 2.24) is 5.32 Å². The molecule has 0 aliphatic carbocycles. The molecule has 2 aromatic carbocycles. The number of anilines is 1. The fraction of sp³-hybridized carbons (Fsp3) is 0.300. The molecule has 0 spiro atoms. The van der Waals surface area contributed by atoms with Crippen molar-refractivity contribution in [2.75, 3.05) is 11.9 Å². The molecule has 138 valence electrons. The minimum absolute atomic E-state index is 0.263. The molecule has 26 heavy (non-hydrogen) atoms. The summed E-state index contributed by atoms with van der Waals surface area (Å²) in [5.74, 6) is 0.457. The van der Waals surface area contributed by atoms with Gasteiger partial charge >= 0.3 is 0 Å². The van der Waals surface area contributed by atoms with Gasteiger partial charge in [0.1, 0.15) is 5.75 Å². The summed E-state index contributed by atoms with van der Waals surface area (Å²) in [6, 6.07) is 11.3. The average molecular weight is 435 g/mol. The highest BCUT2D eigenvalue weighted by molar-refractivity contribution is 9.10. The van der Waals surface area contributed by atoms with E-state index in [1.54, 1.807) is 18.2 Å². The highest BCUT2D eigenvalue weighted by atomic mass is 79.9. The Hall–Kier alpha value is -1.92. The Kier molecular flexibility index (Phi) is 7.60. The van der Waals surface area contributed by atoms with Crippen molar-refractivity contribution in [3.8, 4) is 5.75 Å². The molecule has 0 saturated heterocycles. The molecular weight excluding hydrogens is 412 g/mol. The molecule has 0 aromatic heterocycles. The third-order valence-corrected chi connectivity index (χ3v) is 4.48. The van der Waals surface area contributed by atoms with Gasteiger partial charge in [-0.05, 0) is 89.9 Å². The number of nitrogens with one attached hydrogen (secondary N) is 2. The van der Waals surface area contributed by atoms with Gasteiger partial charge in [-0.2, -0.15) is 0 Å². The van der Waals surface area contributed by atoms with E-state index in [1.807, 2.05) is 26.0 Å². The number of hydrogen-bond acceptors (Lipinski definition) is 3. The summed E-state index contributed by atoms with van der Waals surface area (Å²) < 4.78 is 6.42. The second kappa shape index (κ2) is 9.69. The van der Waals surface area contributed by atoms with Crippen LogP contribution in [0, 0.1) is 13.8 Å². The van der Waals surface area contributed by atoms with E-state index >= 15 is 0 Å². The lowest BCUT2D eigenvalue weighted by molar-refractivity contribution is 0.0977. The number of aryl methyl sites for hydroxylation is 2. The number of thiocarbonyl (C=S) groups is 1. The average Bonchev–Trinajstić information content (AvgIpc) is 2.55. The maximum atomic E-state index is 12.4. The van der Waals surface area contributed by atoms with Crippen molar-refractivity contribution in [2.24, 2.45) is 0 Å². The highest BCUT2D eigenvalue weighted by Crippen LogP contribution is 2.26. The van der Waals surface area contributed by atoms with Crippen molar-refractivity contribution in [1.29, 1.82) is 0 Å². The number of ether oxygens (including phenoxy) is 1. The van der Waals surface area contributed by atoms with Crippen LogP contribution in [-0.4, -0.2) is 17.6 Å². The van der Waals surface area contributed by atoms with Crippen LogP contribution in [-0.2, 0) is 0 Å². The smallest absolute Gasteiger partial charge is 0.257 e. The van der Waals surface area contributed by atoms with Gasteiger partial charge in [0.05, 0.1) is 11.1 Å².